The highest BCUT2D eigenvalue weighted by molar-refractivity contribution is 5.98. The summed E-state index contributed by atoms with van der Waals surface area (Å²) in [5.41, 5.74) is 0.644. The zero-order valence-corrected chi connectivity index (χ0v) is 16.7. The lowest BCUT2D eigenvalue weighted by molar-refractivity contribution is -0.137. The molecule has 1 saturated heterocycles. The highest BCUT2D eigenvalue weighted by Gasteiger charge is 2.37. The molecule has 2 aromatic carbocycles. The van der Waals surface area contributed by atoms with Gasteiger partial charge in [-0.05, 0) is 66.8 Å². The fraction of sp³-hybridized carbons (Fsp3) is 0.500. The molecule has 2 aromatic rings. The van der Waals surface area contributed by atoms with Crippen molar-refractivity contribution >= 4 is 22.6 Å². The minimum Gasteiger partial charge on any atom is -0.352 e. The second-order valence-electron chi connectivity index (χ2n) is 8.54. The Labute approximate surface area is 167 Å². The molecule has 3 atom stereocenters. The molecule has 2 aliphatic rings. The Kier molecular flexibility index (Phi) is 5.65. The molecular formula is C24H30N2O2. The van der Waals surface area contributed by atoms with Crippen molar-refractivity contribution in [3.8, 4) is 0 Å². The fourth-order valence-corrected chi connectivity index (χ4v) is 5.06. The van der Waals surface area contributed by atoms with Gasteiger partial charge in [-0.3, -0.25) is 9.59 Å². The first-order valence-electron chi connectivity index (χ1n) is 10.7. The van der Waals surface area contributed by atoms with Gasteiger partial charge in [-0.15, -0.1) is 0 Å². The van der Waals surface area contributed by atoms with Gasteiger partial charge in [-0.2, -0.15) is 0 Å². The zero-order chi connectivity index (χ0) is 19.5. The number of nitrogens with one attached hydrogen (secondary N) is 1. The van der Waals surface area contributed by atoms with Crippen LogP contribution in [0.3, 0.4) is 0 Å². The number of carbonyl (C=O) groups is 2. The van der Waals surface area contributed by atoms with Gasteiger partial charge in [0.1, 0.15) is 0 Å². The van der Waals surface area contributed by atoms with Gasteiger partial charge >= 0.3 is 0 Å². The van der Waals surface area contributed by atoms with Crippen LogP contribution >= 0.6 is 0 Å². The number of amides is 2. The number of rotatable bonds is 4. The zero-order valence-electron chi connectivity index (χ0n) is 16.7. The van der Waals surface area contributed by atoms with Gasteiger partial charge in [-0.25, -0.2) is 0 Å². The van der Waals surface area contributed by atoms with Crippen LogP contribution in [-0.4, -0.2) is 35.8 Å². The summed E-state index contributed by atoms with van der Waals surface area (Å²) >= 11 is 0. The molecule has 2 fully saturated rings. The smallest absolute Gasteiger partial charge is 0.251 e. The summed E-state index contributed by atoms with van der Waals surface area (Å²) in [6.45, 7) is 3.61. The molecule has 0 bridgehead atoms. The van der Waals surface area contributed by atoms with E-state index in [2.05, 4.69) is 17.1 Å². The minimum absolute atomic E-state index is 0.110. The summed E-state index contributed by atoms with van der Waals surface area (Å²) in [6, 6.07) is 14.2. The topological polar surface area (TPSA) is 49.4 Å². The molecule has 1 saturated carbocycles. The maximum absolute atomic E-state index is 12.8. The Morgan fingerprint density at radius 3 is 2.75 bits per heavy atom. The molecule has 4 rings (SSSR count). The number of carbonyl (C=O) groups excluding carboxylic acids is 2. The van der Waals surface area contributed by atoms with E-state index in [-0.39, 0.29) is 11.8 Å². The van der Waals surface area contributed by atoms with Crippen LogP contribution in [0, 0.1) is 11.8 Å². The Morgan fingerprint density at radius 1 is 1.07 bits per heavy atom. The monoisotopic (exact) mass is 378 g/mol. The highest BCUT2D eigenvalue weighted by atomic mass is 16.2. The van der Waals surface area contributed by atoms with Crippen molar-refractivity contribution in [2.45, 2.75) is 51.5 Å². The van der Waals surface area contributed by atoms with Crippen molar-refractivity contribution in [3.05, 3.63) is 48.0 Å². The number of nitrogens with zero attached hydrogens (tertiary/aromatic N) is 1. The van der Waals surface area contributed by atoms with Crippen LogP contribution in [0.25, 0.3) is 10.8 Å². The van der Waals surface area contributed by atoms with Crippen molar-refractivity contribution < 1.29 is 9.59 Å². The van der Waals surface area contributed by atoms with E-state index in [1.54, 1.807) is 0 Å². The highest BCUT2D eigenvalue weighted by Crippen LogP contribution is 2.38. The van der Waals surface area contributed by atoms with Crippen molar-refractivity contribution in [2.75, 3.05) is 13.1 Å². The Morgan fingerprint density at radius 2 is 1.89 bits per heavy atom. The van der Waals surface area contributed by atoms with E-state index in [4.69, 9.17) is 0 Å². The van der Waals surface area contributed by atoms with Crippen molar-refractivity contribution in [1.82, 2.24) is 10.2 Å². The minimum atomic E-state index is -0.110. The SMILES string of the molecule is C[C@@H]1CC[C@@H]2[C@H](CCCN2C(=O)CCNC(=O)c2ccc3ccccc3c2)C1. The lowest BCUT2D eigenvalue weighted by atomic mass is 9.74. The van der Waals surface area contributed by atoms with Gasteiger partial charge < -0.3 is 10.2 Å². The van der Waals surface area contributed by atoms with E-state index >= 15 is 0 Å². The molecule has 148 valence electrons. The Bertz CT molecular complexity index is 863. The standard InChI is InChI=1S/C24H30N2O2/c1-17-8-11-22-20(15-17)7-4-14-26(22)23(27)12-13-25-24(28)21-10-9-18-5-2-3-6-19(18)16-21/h2-3,5-6,9-10,16-17,20,22H,4,7-8,11-15H2,1H3,(H,25,28)/t17-,20-,22-/m1/s1. The molecule has 0 aromatic heterocycles. The van der Waals surface area contributed by atoms with Gasteiger partial charge in [0.25, 0.3) is 5.91 Å². The normalized spacial score (nSPS) is 24.6. The van der Waals surface area contributed by atoms with E-state index in [0.717, 1.165) is 36.1 Å². The predicted molar refractivity (Wildman–Crippen MR) is 112 cm³/mol. The molecule has 1 N–H and O–H groups in total. The summed E-state index contributed by atoms with van der Waals surface area (Å²) < 4.78 is 0. The van der Waals surface area contributed by atoms with Crippen molar-refractivity contribution in [3.63, 3.8) is 0 Å². The summed E-state index contributed by atoms with van der Waals surface area (Å²) in [5.74, 6) is 1.55. The van der Waals surface area contributed by atoms with Crippen molar-refractivity contribution in [1.29, 1.82) is 0 Å². The molecule has 0 radical (unpaired) electrons. The third-order valence-corrected chi connectivity index (χ3v) is 6.54. The summed E-state index contributed by atoms with van der Waals surface area (Å²) in [5, 5.41) is 5.10. The third-order valence-electron chi connectivity index (χ3n) is 6.54. The number of benzene rings is 2. The first-order valence-corrected chi connectivity index (χ1v) is 10.7. The molecule has 4 nitrogen and oxygen atoms in total. The Hall–Kier alpha value is -2.36. The number of likely N-dealkylation sites (tertiary alicyclic amines) is 1. The van der Waals surface area contributed by atoms with Crippen LogP contribution in [0.1, 0.15) is 55.8 Å². The van der Waals surface area contributed by atoms with Crippen molar-refractivity contribution in [2.24, 2.45) is 11.8 Å². The van der Waals surface area contributed by atoms with E-state index in [1.807, 2.05) is 42.5 Å². The molecule has 1 aliphatic heterocycles. The summed E-state index contributed by atoms with van der Waals surface area (Å²) in [6.07, 6.45) is 6.39. The fourth-order valence-electron chi connectivity index (χ4n) is 5.06. The number of hydrogen-bond donors (Lipinski definition) is 1. The van der Waals surface area contributed by atoms with E-state index in [1.165, 1.54) is 19.3 Å². The van der Waals surface area contributed by atoms with Crippen LogP contribution in [0.5, 0.6) is 0 Å². The quantitative estimate of drug-likeness (QED) is 0.858. The van der Waals surface area contributed by atoms with Crippen LogP contribution in [-0.2, 0) is 4.79 Å². The molecule has 0 spiro atoms. The molecule has 0 unspecified atom stereocenters. The molecular weight excluding hydrogens is 348 g/mol. The van der Waals surface area contributed by atoms with E-state index in [0.29, 0.717) is 30.5 Å². The van der Waals surface area contributed by atoms with Crippen LogP contribution in [0.2, 0.25) is 0 Å². The Balaban J connectivity index is 1.31. The number of hydrogen-bond acceptors (Lipinski definition) is 2. The molecule has 28 heavy (non-hydrogen) atoms. The summed E-state index contributed by atoms with van der Waals surface area (Å²) in [4.78, 5) is 27.4. The molecule has 4 heteroatoms. The van der Waals surface area contributed by atoms with Gasteiger partial charge in [0.2, 0.25) is 5.91 Å². The van der Waals surface area contributed by atoms with Crippen LogP contribution < -0.4 is 5.32 Å². The maximum Gasteiger partial charge on any atom is 0.251 e. The molecule has 1 heterocycles. The van der Waals surface area contributed by atoms with Gasteiger partial charge in [0, 0.05) is 31.1 Å². The lowest BCUT2D eigenvalue weighted by Crippen LogP contribution is -2.51. The van der Waals surface area contributed by atoms with Crippen LogP contribution in [0.15, 0.2) is 42.5 Å². The first kappa shape index (κ1) is 19.0. The van der Waals surface area contributed by atoms with Gasteiger partial charge in [0.05, 0.1) is 0 Å². The second-order valence-corrected chi connectivity index (χ2v) is 8.54. The largest absolute Gasteiger partial charge is 0.352 e. The first-order chi connectivity index (χ1) is 13.6. The molecule has 1 aliphatic carbocycles. The molecule has 2 amide bonds. The lowest BCUT2D eigenvalue weighted by Gasteiger charge is -2.45. The average Bonchev–Trinajstić information content (AvgIpc) is 2.72. The van der Waals surface area contributed by atoms with Gasteiger partial charge in [-0.1, -0.05) is 37.3 Å². The predicted octanol–water partition coefficient (Wildman–Crippen LogP) is 4.39. The average molecular weight is 379 g/mol. The summed E-state index contributed by atoms with van der Waals surface area (Å²) in [7, 11) is 0. The number of piperidine rings is 1. The number of fused-ring (bicyclic) bond motifs is 2. The van der Waals surface area contributed by atoms with Gasteiger partial charge in [0.15, 0.2) is 0 Å². The third kappa shape index (κ3) is 4.06. The van der Waals surface area contributed by atoms with Crippen LogP contribution in [0.4, 0.5) is 0 Å². The second kappa shape index (κ2) is 8.34. The maximum atomic E-state index is 12.8. The van der Waals surface area contributed by atoms with E-state index in [9.17, 15) is 9.59 Å². The van der Waals surface area contributed by atoms with E-state index < -0.39 is 0 Å².